The van der Waals surface area contributed by atoms with Gasteiger partial charge in [-0.05, 0) is 48.8 Å². The highest BCUT2D eigenvalue weighted by Crippen LogP contribution is 2.38. The standard InChI is InChI=1S/C14H21N/c1-10-4-5-11-7-13(8-12(11)6-10)14(2,3)9-15/h4-6,13H,7-9,15H2,1-3H3. The number of hydrogen-bond donors (Lipinski definition) is 1. The average molecular weight is 203 g/mol. The molecule has 0 saturated carbocycles. The number of nitrogens with two attached hydrogens (primary N) is 1. The van der Waals surface area contributed by atoms with Gasteiger partial charge in [0, 0.05) is 0 Å². The molecule has 1 heteroatoms. The van der Waals surface area contributed by atoms with Crippen LogP contribution in [-0.2, 0) is 12.8 Å². The Morgan fingerprint density at radius 2 is 1.93 bits per heavy atom. The van der Waals surface area contributed by atoms with Gasteiger partial charge in [-0.25, -0.2) is 0 Å². The van der Waals surface area contributed by atoms with E-state index in [1.165, 1.54) is 24.0 Å². The van der Waals surface area contributed by atoms with Gasteiger partial charge >= 0.3 is 0 Å². The molecule has 1 aromatic rings. The molecule has 1 nitrogen and oxygen atoms in total. The summed E-state index contributed by atoms with van der Waals surface area (Å²) in [5.41, 5.74) is 10.6. The van der Waals surface area contributed by atoms with Crippen LogP contribution >= 0.6 is 0 Å². The van der Waals surface area contributed by atoms with Crippen molar-refractivity contribution in [2.45, 2.75) is 33.6 Å². The highest BCUT2D eigenvalue weighted by molar-refractivity contribution is 5.36. The van der Waals surface area contributed by atoms with Crippen molar-refractivity contribution in [3.8, 4) is 0 Å². The minimum Gasteiger partial charge on any atom is -0.330 e. The van der Waals surface area contributed by atoms with Crippen molar-refractivity contribution in [2.24, 2.45) is 17.1 Å². The zero-order valence-electron chi connectivity index (χ0n) is 10.0. The Labute approximate surface area is 92.7 Å². The Morgan fingerprint density at radius 3 is 2.60 bits per heavy atom. The Kier molecular flexibility index (Phi) is 2.59. The van der Waals surface area contributed by atoms with Crippen LogP contribution in [0.5, 0.6) is 0 Å². The van der Waals surface area contributed by atoms with Crippen LogP contribution in [0, 0.1) is 18.3 Å². The highest BCUT2D eigenvalue weighted by Gasteiger charge is 2.33. The topological polar surface area (TPSA) is 26.0 Å². The van der Waals surface area contributed by atoms with E-state index in [2.05, 4.69) is 39.0 Å². The molecule has 1 atom stereocenters. The average Bonchev–Trinajstić information content (AvgIpc) is 2.61. The zero-order valence-corrected chi connectivity index (χ0v) is 10.0. The molecule has 2 N–H and O–H groups in total. The predicted octanol–water partition coefficient (Wildman–Crippen LogP) is 2.69. The lowest BCUT2D eigenvalue weighted by molar-refractivity contribution is 0.231. The van der Waals surface area contributed by atoms with E-state index in [-0.39, 0.29) is 5.41 Å². The lowest BCUT2D eigenvalue weighted by Gasteiger charge is -2.29. The molecule has 1 unspecified atom stereocenters. The summed E-state index contributed by atoms with van der Waals surface area (Å²) in [4.78, 5) is 0. The third kappa shape index (κ3) is 1.93. The number of hydrogen-bond acceptors (Lipinski definition) is 1. The van der Waals surface area contributed by atoms with E-state index in [1.54, 1.807) is 5.56 Å². The van der Waals surface area contributed by atoms with E-state index in [9.17, 15) is 0 Å². The number of rotatable bonds is 2. The summed E-state index contributed by atoms with van der Waals surface area (Å²) >= 11 is 0. The second kappa shape index (κ2) is 3.64. The molecule has 0 fully saturated rings. The molecular weight excluding hydrogens is 182 g/mol. The van der Waals surface area contributed by atoms with E-state index >= 15 is 0 Å². The Balaban J connectivity index is 2.22. The molecule has 0 bridgehead atoms. The summed E-state index contributed by atoms with van der Waals surface area (Å²) in [5, 5.41) is 0. The first kappa shape index (κ1) is 10.7. The Morgan fingerprint density at radius 1 is 1.27 bits per heavy atom. The largest absolute Gasteiger partial charge is 0.330 e. The molecule has 0 aliphatic heterocycles. The second-order valence-corrected chi connectivity index (χ2v) is 5.57. The summed E-state index contributed by atoms with van der Waals surface area (Å²) in [7, 11) is 0. The molecule has 15 heavy (non-hydrogen) atoms. The molecule has 1 aromatic carbocycles. The third-order valence-electron chi connectivity index (χ3n) is 3.93. The van der Waals surface area contributed by atoms with Crippen molar-refractivity contribution >= 4 is 0 Å². The fourth-order valence-corrected chi connectivity index (χ4v) is 2.47. The smallest absolute Gasteiger partial charge is 0.00229 e. The quantitative estimate of drug-likeness (QED) is 0.785. The molecule has 1 aliphatic carbocycles. The van der Waals surface area contributed by atoms with Crippen LogP contribution in [0.15, 0.2) is 18.2 Å². The van der Waals surface area contributed by atoms with Crippen LogP contribution in [0.25, 0.3) is 0 Å². The summed E-state index contributed by atoms with van der Waals surface area (Å²) in [6, 6.07) is 6.84. The SMILES string of the molecule is Cc1ccc2c(c1)CC(C(C)(C)CN)C2. The Bertz CT molecular complexity index is 366. The van der Waals surface area contributed by atoms with Crippen LogP contribution in [0.3, 0.4) is 0 Å². The minimum absolute atomic E-state index is 0.271. The van der Waals surface area contributed by atoms with Crippen molar-refractivity contribution < 1.29 is 0 Å². The number of aryl methyl sites for hydroxylation is 1. The number of fused-ring (bicyclic) bond motifs is 1. The van der Waals surface area contributed by atoms with Gasteiger partial charge in [0.15, 0.2) is 0 Å². The monoisotopic (exact) mass is 203 g/mol. The maximum absolute atomic E-state index is 5.85. The van der Waals surface area contributed by atoms with Crippen molar-refractivity contribution in [3.05, 3.63) is 34.9 Å². The van der Waals surface area contributed by atoms with E-state index in [0.29, 0.717) is 0 Å². The molecule has 0 spiro atoms. The van der Waals surface area contributed by atoms with E-state index in [0.717, 1.165) is 12.5 Å². The van der Waals surface area contributed by atoms with E-state index < -0.39 is 0 Å². The molecule has 0 radical (unpaired) electrons. The van der Waals surface area contributed by atoms with Crippen LogP contribution < -0.4 is 5.73 Å². The van der Waals surface area contributed by atoms with Gasteiger partial charge in [0.1, 0.15) is 0 Å². The van der Waals surface area contributed by atoms with Crippen molar-refractivity contribution in [1.82, 2.24) is 0 Å². The van der Waals surface area contributed by atoms with Gasteiger partial charge in [-0.15, -0.1) is 0 Å². The lowest BCUT2D eigenvalue weighted by atomic mass is 9.77. The first-order valence-electron chi connectivity index (χ1n) is 5.81. The zero-order chi connectivity index (χ0) is 11.1. The van der Waals surface area contributed by atoms with Crippen LogP contribution in [0.1, 0.15) is 30.5 Å². The highest BCUT2D eigenvalue weighted by atomic mass is 14.6. The van der Waals surface area contributed by atoms with Crippen molar-refractivity contribution in [3.63, 3.8) is 0 Å². The summed E-state index contributed by atoms with van der Waals surface area (Å²) < 4.78 is 0. The molecular formula is C14H21N. The third-order valence-corrected chi connectivity index (χ3v) is 3.93. The molecule has 0 aromatic heterocycles. The maximum Gasteiger partial charge on any atom is -0.00229 e. The van der Waals surface area contributed by atoms with Gasteiger partial charge in [-0.1, -0.05) is 37.6 Å². The summed E-state index contributed by atoms with van der Waals surface area (Å²) in [6.07, 6.45) is 2.42. The minimum atomic E-state index is 0.271. The molecule has 0 heterocycles. The maximum atomic E-state index is 5.85. The predicted molar refractivity (Wildman–Crippen MR) is 64.9 cm³/mol. The van der Waals surface area contributed by atoms with Gasteiger partial charge in [-0.3, -0.25) is 0 Å². The van der Waals surface area contributed by atoms with E-state index in [4.69, 9.17) is 5.73 Å². The van der Waals surface area contributed by atoms with Crippen LogP contribution in [0.4, 0.5) is 0 Å². The van der Waals surface area contributed by atoms with Crippen LogP contribution in [-0.4, -0.2) is 6.54 Å². The van der Waals surface area contributed by atoms with Gasteiger partial charge in [0.25, 0.3) is 0 Å². The van der Waals surface area contributed by atoms with Crippen LogP contribution in [0.2, 0.25) is 0 Å². The number of benzene rings is 1. The summed E-state index contributed by atoms with van der Waals surface area (Å²) in [6.45, 7) is 7.53. The molecule has 0 amide bonds. The molecule has 2 rings (SSSR count). The van der Waals surface area contributed by atoms with E-state index in [1.807, 2.05) is 0 Å². The first-order chi connectivity index (χ1) is 7.03. The second-order valence-electron chi connectivity index (χ2n) is 5.57. The fraction of sp³-hybridized carbons (Fsp3) is 0.571. The normalized spacial score (nSPS) is 20.4. The van der Waals surface area contributed by atoms with Gasteiger partial charge in [-0.2, -0.15) is 0 Å². The van der Waals surface area contributed by atoms with Gasteiger partial charge in [0.2, 0.25) is 0 Å². The van der Waals surface area contributed by atoms with Gasteiger partial charge < -0.3 is 5.73 Å². The molecule has 1 aliphatic rings. The van der Waals surface area contributed by atoms with Crippen molar-refractivity contribution in [2.75, 3.05) is 6.54 Å². The lowest BCUT2D eigenvalue weighted by Crippen LogP contribution is -2.32. The summed E-state index contributed by atoms with van der Waals surface area (Å²) in [5.74, 6) is 0.722. The first-order valence-corrected chi connectivity index (χ1v) is 5.81. The molecule has 82 valence electrons. The molecule has 0 saturated heterocycles. The van der Waals surface area contributed by atoms with Crippen molar-refractivity contribution in [1.29, 1.82) is 0 Å². The Hall–Kier alpha value is -0.820. The van der Waals surface area contributed by atoms with Gasteiger partial charge in [0.05, 0.1) is 0 Å². The fourth-order valence-electron chi connectivity index (χ4n) is 2.47.